The lowest BCUT2D eigenvalue weighted by atomic mass is 9.76. The third-order valence-electron chi connectivity index (χ3n) is 4.42. The summed E-state index contributed by atoms with van der Waals surface area (Å²) in [7, 11) is 0. The highest BCUT2D eigenvalue weighted by Crippen LogP contribution is 2.31. The van der Waals surface area contributed by atoms with Crippen molar-refractivity contribution in [3.05, 3.63) is 24.3 Å². The van der Waals surface area contributed by atoms with E-state index in [2.05, 4.69) is 4.74 Å². The fraction of sp³-hybridized carbons (Fsp3) is 0.526. The molecule has 0 bridgehead atoms. The van der Waals surface area contributed by atoms with Gasteiger partial charge in [0, 0.05) is 24.2 Å². The quantitative estimate of drug-likeness (QED) is 0.333. The molecule has 0 spiro atoms. The number of ether oxygens (including phenoxy) is 1. The van der Waals surface area contributed by atoms with Gasteiger partial charge in [-0.25, -0.2) is 0 Å². The molecule has 1 saturated carbocycles. The van der Waals surface area contributed by atoms with Crippen LogP contribution in [0, 0.1) is 11.8 Å². The predicted octanol–water partition coefficient (Wildman–Crippen LogP) is 4.55. The minimum atomic E-state index is -4.55. The number of hydrogen-bond donors (Lipinski definition) is 0. The highest BCUT2D eigenvalue weighted by Gasteiger charge is 2.44. The second-order valence-corrected chi connectivity index (χ2v) is 7.70. The number of rotatable bonds is 9. The van der Waals surface area contributed by atoms with E-state index in [9.17, 15) is 31.9 Å². The molecule has 154 valence electrons. The van der Waals surface area contributed by atoms with Crippen LogP contribution in [0.5, 0.6) is 5.75 Å². The molecule has 0 aliphatic heterocycles. The Bertz CT molecular complexity index is 703. The summed E-state index contributed by atoms with van der Waals surface area (Å²) in [6.45, 7) is 1.62. The number of halogens is 4. The molecule has 1 aromatic carbocycles. The van der Waals surface area contributed by atoms with Gasteiger partial charge in [-0.3, -0.25) is 14.4 Å². The van der Waals surface area contributed by atoms with Gasteiger partial charge in [0.05, 0.1) is 0 Å². The van der Waals surface area contributed by atoms with E-state index in [0.717, 1.165) is 0 Å². The molecule has 1 aliphatic carbocycles. The van der Waals surface area contributed by atoms with Crippen molar-refractivity contribution in [2.24, 2.45) is 11.8 Å². The van der Waals surface area contributed by atoms with E-state index >= 15 is 0 Å². The molecule has 1 aromatic rings. The van der Waals surface area contributed by atoms with E-state index in [-0.39, 0.29) is 48.3 Å². The largest absolute Gasteiger partial charge is 0.461 e. The molecule has 0 N–H and O–H groups in total. The van der Waals surface area contributed by atoms with Crippen molar-refractivity contribution in [2.75, 3.05) is 5.75 Å². The number of ketones is 3. The Morgan fingerprint density at radius 3 is 2.25 bits per heavy atom. The number of carbonyl (C=O) groups is 3. The smallest absolute Gasteiger partial charge is 0.428 e. The second kappa shape index (κ2) is 9.54. The van der Waals surface area contributed by atoms with Gasteiger partial charge in [0.25, 0.3) is 0 Å². The van der Waals surface area contributed by atoms with Crippen LogP contribution in [-0.4, -0.2) is 35.6 Å². The molecular weight excluding hydrogens is 400 g/mol. The second-order valence-electron chi connectivity index (χ2n) is 6.53. The molecule has 1 fully saturated rings. The maximum absolute atomic E-state index is 12.9. The Morgan fingerprint density at radius 1 is 1.18 bits per heavy atom. The van der Waals surface area contributed by atoms with Gasteiger partial charge in [-0.05, 0) is 42.4 Å². The van der Waals surface area contributed by atoms with Crippen LogP contribution in [0.3, 0.4) is 0 Å². The molecule has 4 nitrogen and oxygen atoms in total. The van der Waals surface area contributed by atoms with Gasteiger partial charge < -0.3 is 4.74 Å². The Balaban J connectivity index is 1.82. The van der Waals surface area contributed by atoms with Gasteiger partial charge in [-0.1, -0.05) is 6.92 Å². The van der Waals surface area contributed by atoms with Crippen molar-refractivity contribution in [2.45, 2.75) is 50.0 Å². The van der Waals surface area contributed by atoms with Gasteiger partial charge in [0.1, 0.15) is 11.7 Å². The molecule has 0 atom stereocenters. The summed E-state index contributed by atoms with van der Waals surface area (Å²) in [6, 6.07) is 5.28. The molecule has 0 saturated heterocycles. The Morgan fingerprint density at radius 2 is 1.75 bits per heavy atom. The van der Waals surface area contributed by atoms with Crippen LogP contribution < -0.4 is 4.74 Å². The summed E-state index contributed by atoms with van der Waals surface area (Å²) < 4.78 is 53.9. The van der Waals surface area contributed by atoms with Crippen molar-refractivity contribution < 1.29 is 36.7 Å². The van der Waals surface area contributed by atoms with Crippen molar-refractivity contribution in [3.63, 3.8) is 0 Å². The van der Waals surface area contributed by atoms with E-state index in [4.69, 9.17) is 0 Å². The monoisotopic (exact) mass is 420 g/mol. The highest BCUT2D eigenvalue weighted by atomic mass is 32.2. The number of carbonyl (C=O) groups excluding carboxylic acids is 3. The summed E-state index contributed by atoms with van der Waals surface area (Å²) >= 11 is 1.38. The van der Waals surface area contributed by atoms with E-state index in [1.54, 1.807) is 6.92 Å². The summed E-state index contributed by atoms with van der Waals surface area (Å²) in [6.07, 6.45) is -7.35. The lowest BCUT2D eigenvalue weighted by molar-refractivity contribution is -0.253. The third kappa shape index (κ3) is 5.80. The fourth-order valence-electron chi connectivity index (χ4n) is 2.97. The molecule has 28 heavy (non-hydrogen) atoms. The van der Waals surface area contributed by atoms with Gasteiger partial charge in [-0.15, -0.1) is 11.8 Å². The number of thioether (sulfide) groups is 1. The highest BCUT2D eigenvalue weighted by molar-refractivity contribution is 7.99. The summed E-state index contributed by atoms with van der Waals surface area (Å²) in [4.78, 5) is 36.6. The minimum absolute atomic E-state index is 0.124. The van der Waals surface area contributed by atoms with E-state index in [0.29, 0.717) is 17.1 Å². The zero-order chi connectivity index (χ0) is 20.9. The Hall–Kier alpha value is -1.90. The summed E-state index contributed by atoms with van der Waals surface area (Å²) in [5.74, 6) is -2.00. The average molecular weight is 420 g/mol. The van der Waals surface area contributed by atoms with E-state index in [1.165, 1.54) is 36.0 Å². The molecule has 0 heterocycles. The zero-order valence-electron chi connectivity index (χ0n) is 15.1. The first-order chi connectivity index (χ1) is 13.1. The molecule has 0 unspecified atom stereocenters. The fourth-order valence-corrected chi connectivity index (χ4v) is 3.99. The molecule has 0 radical (unpaired) electrons. The van der Waals surface area contributed by atoms with Crippen molar-refractivity contribution in [1.82, 2.24) is 0 Å². The predicted molar refractivity (Wildman–Crippen MR) is 94.9 cm³/mol. The van der Waals surface area contributed by atoms with Crippen molar-refractivity contribution in [1.29, 1.82) is 0 Å². The van der Waals surface area contributed by atoms with Crippen LogP contribution in [0.25, 0.3) is 0 Å². The number of hydrogen-bond acceptors (Lipinski definition) is 5. The van der Waals surface area contributed by atoms with Crippen LogP contribution in [0.4, 0.5) is 17.6 Å². The normalized spacial score (nSPS) is 20.5. The molecular formula is C19H20F4O4S. The first-order valence-corrected chi connectivity index (χ1v) is 9.78. The molecule has 0 aromatic heterocycles. The van der Waals surface area contributed by atoms with E-state index in [1.807, 2.05) is 0 Å². The van der Waals surface area contributed by atoms with Gasteiger partial charge in [0.15, 0.2) is 17.3 Å². The molecule has 0 amide bonds. The van der Waals surface area contributed by atoms with Crippen LogP contribution in [0.15, 0.2) is 29.2 Å². The average Bonchev–Trinajstić information content (AvgIpc) is 2.62. The van der Waals surface area contributed by atoms with E-state index < -0.39 is 18.5 Å². The maximum Gasteiger partial charge on any atom is 0.461 e. The SMILES string of the molecule is CCC(=O)C1C(=O)CC(CCSc2ccc(OC(F)(F)C(F)F)cc2)CC1=O. The van der Waals surface area contributed by atoms with Crippen LogP contribution in [-0.2, 0) is 14.4 Å². The number of benzene rings is 1. The topological polar surface area (TPSA) is 60.4 Å². The van der Waals surface area contributed by atoms with Crippen LogP contribution in [0.1, 0.15) is 32.6 Å². The van der Waals surface area contributed by atoms with Gasteiger partial charge >= 0.3 is 12.5 Å². The molecule has 1 aliphatic rings. The number of Topliss-reactive ketones (excluding diaryl/α,β-unsaturated/α-hetero) is 3. The van der Waals surface area contributed by atoms with Gasteiger partial charge in [-0.2, -0.15) is 17.6 Å². The Kier molecular flexibility index (Phi) is 7.63. The first-order valence-electron chi connectivity index (χ1n) is 8.80. The minimum Gasteiger partial charge on any atom is -0.428 e. The van der Waals surface area contributed by atoms with Crippen LogP contribution in [0.2, 0.25) is 0 Å². The first kappa shape index (κ1) is 22.4. The zero-order valence-corrected chi connectivity index (χ0v) is 15.9. The lowest BCUT2D eigenvalue weighted by Crippen LogP contribution is -2.38. The van der Waals surface area contributed by atoms with Gasteiger partial charge in [0.2, 0.25) is 0 Å². The maximum atomic E-state index is 12.9. The Labute approximate surface area is 164 Å². The standard InChI is InChI=1S/C19H20F4O4S/c1-2-14(24)17-15(25)9-11(10-16(17)26)7-8-28-13-5-3-12(4-6-13)27-19(22,23)18(20)21/h3-6,11,17-18H,2,7-10H2,1H3. The summed E-state index contributed by atoms with van der Waals surface area (Å²) in [5.41, 5.74) is 0. The lowest BCUT2D eigenvalue weighted by Gasteiger charge is -2.25. The number of alkyl halides is 4. The van der Waals surface area contributed by atoms with Crippen molar-refractivity contribution in [3.8, 4) is 5.75 Å². The summed E-state index contributed by atoms with van der Waals surface area (Å²) in [5, 5.41) is 0. The van der Waals surface area contributed by atoms with Crippen LogP contribution >= 0.6 is 11.8 Å². The molecule has 2 rings (SSSR count). The van der Waals surface area contributed by atoms with Crippen molar-refractivity contribution >= 4 is 29.1 Å². The molecule has 9 heteroatoms. The third-order valence-corrected chi connectivity index (χ3v) is 5.47.